The van der Waals surface area contributed by atoms with Gasteiger partial charge in [-0.1, -0.05) is 15.9 Å². The maximum Gasteiger partial charge on any atom is 0.172 e. The average molecular weight is 486 g/mol. The van der Waals surface area contributed by atoms with Gasteiger partial charge in [-0.2, -0.15) is 0 Å². The molecule has 140 valence electrons. The largest absolute Gasteiger partial charge is 0.508 e. The molecular formula is C19H22Br2N2O3. The van der Waals surface area contributed by atoms with E-state index in [1.165, 1.54) is 0 Å². The summed E-state index contributed by atoms with van der Waals surface area (Å²) in [7, 11) is 1.56. The Balaban J connectivity index is 1.57. The van der Waals surface area contributed by atoms with E-state index < -0.39 is 0 Å². The van der Waals surface area contributed by atoms with Crippen molar-refractivity contribution in [2.24, 2.45) is 0 Å². The van der Waals surface area contributed by atoms with E-state index in [4.69, 9.17) is 4.74 Å². The quantitative estimate of drug-likeness (QED) is 0.671. The van der Waals surface area contributed by atoms with Crippen LogP contribution in [0.5, 0.6) is 17.2 Å². The van der Waals surface area contributed by atoms with Crippen molar-refractivity contribution in [1.82, 2.24) is 9.80 Å². The summed E-state index contributed by atoms with van der Waals surface area (Å²) in [5.74, 6) is 0.963. The number of nitrogens with zero attached hydrogens (tertiary/aromatic N) is 2. The van der Waals surface area contributed by atoms with Gasteiger partial charge in [-0.15, -0.1) is 0 Å². The molecule has 2 aromatic rings. The summed E-state index contributed by atoms with van der Waals surface area (Å²) in [5, 5.41) is 19.9. The average Bonchev–Trinajstić information content (AvgIpc) is 2.62. The number of phenols is 2. The zero-order valence-corrected chi connectivity index (χ0v) is 17.8. The summed E-state index contributed by atoms with van der Waals surface area (Å²) < 4.78 is 6.86. The number of piperazine rings is 1. The van der Waals surface area contributed by atoms with Gasteiger partial charge in [-0.25, -0.2) is 0 Å². The van der Waals surface area contributed by atoms with Gasteiger partial charge in [0.25, 0.3) is 0 Å². The van der Waals surface area contributed by atoms with E-state index in [1.54, 1.807) is 13.2 Å². The molecule has 3 rings (SSSR count). The lowest BCUT2D eigenvalue weighted by molar-refractivity contribution is 0.121. The predicted molar refractivity (Wildman–Crippen MR) is 109 cm³/mol. The second kappa shape index (κ2) is 8.61. The van der Waals surface area contributed by atoms with E-state index in [-0.39, 0.29) is 5.75 Å². The maximum absolute atomic E-state index is 10.0. The Hall–Kier alpha value is -1.28. The molecule has 0 spiro atoms. The zero-order chi connectivity index (χ0) is 18.7. The Bertz CT molecular complexity index is 778. The Morgan fingerprint density at radius 3 is 2.27 bits per heavy atom. The fourth-order valence-electron chi connectivity index (χ4n) is 3.16. The smallest absolute Gasteiger partial charge is 0.172 e. The SMILES string of the molecule is COc1cc(CN2CCN(Cc3cc(Br)ccc3O)CC2)cc(Br)c1O. The van der Waals surface area contributed by atoms with Crippen LogP contribution in [0.1, 0.15) is 11.1 Å². The standard InChI is InChI=1S/C19H22Br2N2O3/c1-26-18-9-13(8-16(21)19(18)25)11-22-4-6-23(7-5-22)12-14-10-15(20)2-3-17(14)24/h2-3,8-10,24-25H,4-7,11-12H2,1H3. The van der Waals surface area contributed by atoms with Gasteiger partial charge in [-0.3, -0.25) is 9.80 Å². The molecule has 7 heteroatoms. The Labute approximate surface area is 170 Å². The first-order valence-electron chi connectivity index (χ1n) is 8.43. The van der Waals surface area contributed by atoms with Crippen LogP contribution in [0.3, 0.4) is 0 Å². The molecule has 1 heterocycles. The molecule has 0 saturated carbocycles. The monoisotopic (exact) mass is 484 g/mol. The number of benzene rings is 2. The van der Waals surface area contributed by atoms with Crippen LogP contribution in [0, 0.1) is 0 Å². The van der Waals surface area contributed by atoms with Crippen LogP contribution in [0.25, 0.3) is 0 Å². The highest BCUT2D eigenvalue weighted by Crippen LogP contribution is 2.35. The minimum absolute atomic E-state index is 0.134. The number of ether oxygens (including phenoxy) is 1. The van der Waals surface area contributed by atoms with Crippen LogP contribution in [0.15, 0.2) is 39.3 Å². The molecule has 0 radical (unpaired) electrons. The number of rotatable bonds is 5. The summed E-state index contributed by atoms with van der Waals surface area (Å²) in [6.07, 6.45) is 0. The van der Waals surface area contributed by atoms with Gasteiger partial charge in [0.2, 0.25) is 0 Å². The highest BCUT2D eigenvalue weighted by atomic mass is 79.9. The molecular weight excluding hydrogens is 464 g/mol. The summed E-state index contributed by atoms with van der Waals surface area (Å²) in [6.45, 7) is 5.36. The van der Waals surface area contributed by atoms with Gasteiger partial charge < -0.3 is 14.9 Å². The van der Waals surface area contributed by atoms with Crippen molar-refractivity contribution >= 4 is 31.9 Å². The van der Waals surface area contributed by atoms with Gasteiger partial charge >= 0.3 is 0 Å². The molecule has 2 N–H and O–H groups in total. The Morgan fingerprint density at radius 1 is 0.962 bits per heavy atom. The first-order valence-corrected chi connectivity index (χ1v) is 10.0. The van der Waals surface area contributed by atoms with Crippen molar-refractivity contribution in [3.63, 3.8) is 0 Å². The number of hydrogen-bond donors (Lipinski definition) is 2. The second-order valence-electron chi connectivity index (χ2n) is 6.45. The molecule has 5 nitrogen and oxygen atoms in total. The molecule has 0 unspecified atom stereocenters. The molecule has 0 atom stereocenters. The zero-order valence-electron chi connectivity index (χ0n) is 14.6. The highest BCUT2D eigenvalue weighted by Gasteiger charge is 2.19. The normalized spacial score (nSPS) is 16.0. The molecule has 1 aliphatic rings. The fourth-order valence-corrected chi connectivity index (χ4v) is 4.06. The number of aromatic hydroxyl groups is 2. The van der Waals surface area contributed by atoms with E-state index in [0.717, 1.165) is 54.9 Å². The second-order valence-corrected chi connectivity index (χ2v) is 8.22. The number of phenolic OH excluding ortho intramolecular Hbond substituents is 2. The number of halogens is 2. The molecule has 0 aliphatic carbocycles. The van der Waals surface area contributed by atoms with Crippen molar-refractivity contribution in [3.8, 4) is 17.2 Å². The summed E-state index contributed by atoms with van der Waals surface area (Å²) >= 11 is 6.84. The topological polar surface area (TPSA) is 56.2 Å². The molecule has 1 fully saturated rings. The third-order valence-electron chi connectivity index (χ3n) is 4.61. The lowest BCUT2D eigenvalue weighted by Gasteiger charge is -2.35. The van der Waals surface area contributed by atoms with E-state index in [9.17, 15) is 10.2 Å². The van der Waals surface area contributed by atoms with E-state index in [2.05, 4.69) is 41.7 Å². The van der Waals surface area contributed by atoms with Crippen LogP contribution in [0.2, 0.25) is 0 Å². The third kappa shape index (κ3) is 4.71. The molecule has 0 aromatic heterocycles. The van der Waals surface area contributed by atoms with Gasteiger partial charge in [0, 0.05) is 49.3 Å². The molecule has 2 aromatic carbocycles. The van der Waals surface area contributed by atoms with Crippen LogP contribution in [0.4, 0.5) is 0 Å². The summed E-state index contributed by atoms with van der Waals surface area (Å²) in [6, 6.07) is 9.37. The molecule has 26 heavy (non-hydrogen) atoms. The molecule has 0 bridgehead atoms. The van der Waals surface area contributed by atoms with Gasteiger partial charge in [0.1, 0.15) is 5.75 Å². The van der Waals surface area contributed by atoms with Crippen molar-refractivity contribution < 1.29 is 14.9 Å². The summed E-state index contributed by atoms with van der Waals surface area (Å²) in [4.78, 5) is 4.74. The van der Waals surface area contributed by atoms with E-state index in [0.29, 0.717) is 16.0 Å². The summed E-state index contributed by atoms with van der Waals surface area (Å²) in [5.41, 5.74) is 2.05. The van der Waals surface area contributed by atoms with Crippen molar-refractivity contribution in [2.45, 2.75) is 13.1 Å². The first-order chi connectivity index (χ1) is 12.5. The van der Waals surface area contributed by atoms with Crippen molar-refractivity contribution in [3.05, 3.63) is 50.4 Å². The molecule has 0 amide bonds. The predicted octanol–water partition coefficient (Wildman–Crippen LogP) is 3.95. The van der Waals surface area contributed by atoms with E-state index >= 15 is 0 Å². The first kappa shape index (κ1) is 19.5. The van der Waals surface area contributed by atoms with Crippen molar-refractivity contribution in [1.29, 1.82) is 0 Å². The third-order valence-corrected chi connectivity index (χ3v) is 5.71. The molecule has 1 saturated heterocycles. The Morgan fingerprint density at radius 2 is 1.62 bits per heavy atom. The highest BCUT2D eigenvalue weighted by molar-refractivity contribution is 9.10. The van der Waals surface area contributed by atoms with Crippen LogP contribution < -0.4 is 4.74 Å². The number of hydrogen-bond acceptors (Lipinski definition) is 5. The van der Waals surface area contributed by atoms with Gasteiger partial charge in [0.15, 0.2) is 11.5 Å². The minimum atomic E-state index is 0.134. The lowest BCUT2D eigenvalue weighted by atomic mass is 10.1. The molecule has 1 aliphatic heterocycles. The van der Waals surface area contributed by atoms with Gasteiger partial charge in [0.05, 0.1) is 11.6 Å². The van der Waals surface area contributed by atoms with Gasteiger partial charge in [-0.05, 0) is 51.8 Å². The van der Waals surface area contributed by atoms with Crippen LogP contribution in [-0.2, 0) is 13.1 Å². The van der Waals surface area contributed by atoms with Crippen molar-refractivity contribution in [2.75, 3.05) is 33.3 Å². The van der Waals surface area contributed by atoms with E-state index in [1.807, 2.05) is 24.3 Å². The van der Waals surface area contributed by atoms with Crippen LogP contribution >= 0.6 is 31.9 Å². The van der Waals surface area contributed by atoms with Crippen LogP contribution in [-0.4, -0.2) is 53.3 Å². The number of methoxy groups -OCH3 is 1. The minimum Gasteiger partial charge on any atom is -0.508 e. The lowest BCUT2D eigenvalue weighted by Crippen LogP contribution is -2.45. The maximum atomic E-state index is 10.0. The fraction of sp³-hybridized carbons (Fsp3) is 0.368. The Kier molecular flexibility index (Phi) is 6.45.